The summed E-state index contributed by atoms with van der Waals surface area (Å²) in [5.41, 5.74) is 6.15. The van der Waals surface area contributed by atoms with Gasteiger partial charge in [0.25, 0.3) is 0 Å². The Kier molecular flexibility index (Phi) is 3.90. The Morgan fingerprint density at radius 3 is 2.81 bits per heavy atom. The number of rotatable bonds is 4. The fraction of sp³-hybridized carbons (Fsp3) is 0.357. The van der Waals surface area contributed by atoms with E-state index in [-0.39, 0.29) is 11.8 Å². The number of nitrogens with two attached hydrogens (primary N) is 1. The van der Waals surface area contributed by atoms with E-state index in [9.17, 15) is 4.79 Å². The van der Waals surface area contributed by atoms with Crippen LogP contribution in [0.15, 0.2) is 28.7 Å². The lowest BCUT2D eigenvalue weighted by atomic mass is 10.1. The lowest BCUT2D eigenvalue weighted by Gasteiger charge is -2.11. The second-order valence-electron chi connectivity index (χ2n) is 5.13. The first-order valence-electron chi connectivity index (χ1n) is 6.72. The first-order valence-corrected chi connectivity index (χ1v) is 7.09. The van der Waals surface area contributed by atoms with Crippen molar-refractivity contribution in [2.24, 2.45) is 11.7 Å². The lowest BCUT2D eigenvalue weighted by Crippen LogP contribution is -2.27. The Balaban J connectivity index is 1.66. The van der Waals surface area contributed by atoms with Gasteiger partial charge in [0, 0.05) is 17.1 Å². The quantitative estimate of drug-likeness (QED) is 0.929. The highest BCUT2D eigenvalue weighted by atomic mass is 35.5. The summed E-state index contributed by atoms with van der Waals surface area (Å²) in [7, 11) is 0. The van der Waals surface area contributed by atoms with Gasteiger partial charge in [-0.25, -0.2) is 0 Å². The normalized spacial score (nSPS) is 19.0. The highest BCUT2D eigenvalue weighted by Crippen LogP contribution is 2.22. The Labute approximate surface area is 126 Å². The Morgan fingerprint density at radius 1 is 1.38 bits per heavy atom. The van der Waals surface area contributed by atoms with Crippen molar-refractivity contribution in [3.8, 4) is 11.5 Å². The summed E-state index contributed by atoms with van der Waals surface area (Å²) in [6.07, 6.45) is 0.785. The van der Waals surface area contributed by atoms with Gasteiger partial charge in [0.2, 0.25) is 17.7 Å². The van der Waals surface area contributed by atoms with Crippen molar-refractivity contribution in [2.45, 2.75) is 13.0 Å². The minimum absolute atomic E-state index is 0.0799. The second kappa shape index (κ2) is 5.83. The molecule has 110 valence electrons. The van der Waals surface area contributed by atoms with Crippen LogP contribution >= 0.6 is 11.6 Å². The Hall–Kier alpha value is -1.92. The maximum absolute atomic E-state index is 11.1. The number of amides is 1. The molecule has 0 saturated carbocycles. The number of likely N-dealkylation sites (tertiary alicyclic amines) is 1. The summed E-state index contributed by atoms with van der Waals surface area (Å²) in [6.45, 7) is 1.99. The number of primary amides is 1. The predicted molar refractivity (Wildman–Crippen MR) is 77.3 cm³/mol. The van der Waals surface area contributed by atoms with E-state index < -0.39 is 0 Å². The van der Waals surface area contributed by atoms with E-state index in [1.54, 1.807) is 12.1 Å². The third-order valence-electron chi connectivity index (χ3n) is 3.59. The largest absolute Gasteiger partial charge is 0.419 e. The van der Waals surface area contributed by atoms with Crippen LogP contribution in [0.1, 0.15) is 12.3 Å². The SMILES string of the molecule is NC(=O)[C@H]1CCN(Cc2nnc(-c3ccc(Cl)cc3)o2)C1. The summed E-state index contributed by atoms with van der Waals surface area (Å²) in [5, 5.41) is 8.74. The van der Waals surface area contributed by atoms with Gasteiger partial charge >= 0.3 is 0 Å². The zero-order chi connectivity index (χ0) is 14.8. The van der Waals surface area contributed by atoms with Gasteiger partial charge in [0.15, 0.2) is 0 Å². The van der Waals surface area contributed by atoms with Crippen LogP contribution in [0.3, 0.4) is 0 Å². The van der Waals surface area contributed by atoms with E-state index in [2.05, 4.69) is 15.1 Å². The predicted octanol–water partition coefficient (Wildman–Crippen LogP) is 1.70. The van der Waals surface area contributed by atoms with E-state index in [4.69, 9.17) is 21.8 Å². The van der Waals surface area contributed by atoms with E-state index in [0.29, 0.717) is 29.9 Å². The molecule has 7 heteroatoms. The van der Waals surface area contributed by atoms with Crippen LogP contribution in [-0.4, -0.2) is 34.1 Å². The lowest BCUT2D eigenvalue weighted by molar-refractivity contribution is -0.121. The van der Waals surface area contributed by atoms with Gasteiger partial charge in [-0.15, -0.1) is 10.2 Å². The Bertz CT molecular complexity index is 641. The van der Waals surface area contributed by atoms with Crippen molar-refractivity contribution in [3.63, 3.8) is 0 Å². The van der Waals surface area contributed by atoms with Crippen molar-refractivity contribution in [1.29, 1.82) is 0 Å². The molecule has 2 N–H and O–H groups in total. The van der Waals surface area contributed by atoms with Crippen molar-refractivity contribution >= 4 is 17.5 Å². The molecule has 0 aliphatic carbocycles. The summed E-state index contributed by atoms with van der Waals surface area (Å²) in [5.74, 6) is 0.672. The molecule has 6 nitrogen and oxygen atoms in total. The summed E-state index contributed by atoms with van der Waals surface area (Å²) >= 11 is 5.85. The van der Waals surface area contributed by atoms with Crippen LogP contribution in [0.25, 0.3) is 11.5 Å². The minimum atomic E-state index is -0.245. The number of nitrogens with zero attached hydrogens (tertiary/aromatic N) is 3. The summed E-state index contributed by atoms with van der Waals surface area (Å²) in [6, 6.07) is 7.22. The van der Waals surface area contributed by atoms with Gasteiger partial charge in [-0.1, -0.05) is 11.6 Å². The number of halogens is 1. The molecular weight excluding hydrogens is 292 g/mol. The molecule has 1 atom stereocenters. The van der Waals surface area contributed by atoms with Crippen molar-refractivity contribution in [2.75, 3.05) is 13.1 Å². The van der Waals surface area contributed by atoms with Crippen molar-refractivity contribution in [3.05, 3.63) is 35.2 Å². The number of carbonyl (C=O) groups excluding carboxylic acids is 1. The first-order chi connectivity index (χ1) is 10.1. The van der Waals surface area contributed by atoms with Crippen LogP contribution in [0, 0.1) is 5.92 Å². The molecule has 1 fully saturated rings. The van der Waals surface area contributed by atoms with E-state index in [0.717, 1.165) is 18.5 Å². The number of benzene rings is 1. The molecule has 1 amide bonds. The van der Waals surface area contributed by atoms with Gasteiger partial charge in [0.05, 0.1) is 12.5 Å². The molecule has 21 heavy (non-hydrogen) atoms. The summed E-state index contributed by atoms with van der Waals surface area (Å²) in [4.78, 5) is 13.2. The van der Waals surface area contributed by atoms with E-state index in [1.807, 2.05) is 12.1 Å². The van der Waals surface area contributed by atoms with Crippen LogP contribution in [0.4, 0.5) is 0 Å². The number of carbonyl (C=O) groups is 1. The Morgan fingerprint density at radius 2 is 2.14 bits per heavy atom. The van der Waals surface area contributed by atoms with Gasteiger partial charge in [-0.2, -0.15) is 0 Å². The average molecular weight is 307 g/mol. The molecule has 0 bridgehead atoms. The van der Waals surface area contributed by atoms with Crippen molar-refractivity contribution < 1.29 is 9.21 Å². The molecule has 0 radical (unpaired) electrons. The molecule has 3 rings (SSSR count). The zero-order valence-corrected chi connectivity index (χ0v) is 12.1. The topological polar surface area (TPSA) is 85.3 Å². The van der Waals surface area contributed by atoms with E-state index >= 15 is 0 Å². The summed E-state index contributed by atoms with van der Waals surface area (Å²) < 4.78 is 5.64. The number of hydrogen-bond acceptors (Lipinski definition) is 5. The zero-order valence-electron chi connectivity index (χ0n) is 11.3. The average Bonchev–Trinajstić information content (AvgIpc) is 3.10. The van der Waals surface area contributed by atoms with Gasteiger partial charge in [-0.3, -0.25) is 9.69 Å². The monoisotopic (exact) mass is 306 g/mol. The molecule has 0 spiro atoms. The molecule has 1 saturated heterocycles. The fourth-order valence-corrected chi connectivity index (χ4v) is 2.55. The highest BCUT2D eigenvalue weighted by Gasteiger charge is 2.27. The first kappa shape index (κ1) is 14.0. The fourth-order valence-electron chi connectivity index (χ4n) is 2.43. The maximum Gasteiger partial charge on any atom is 0.247 e. The van der Waals surface area contributed by atoms with Gasteiger partial charge in [-0.05, 0) is 37.2 Å². The molecule has 2 heterocycles. The van der Waals surface area contributed by atoms with Crippen LogP contribution in [0.2, 0.25) is 5.02 Å². The molecule has 1 aromatic heterocycles. The molecular formula is C14H15ClN4O2. The molecule has 0 unspecified atom stereocenters. The molecule has 1 aromatic carbocycles. The minimum Gasteiger partial charge on any atom is -0.419 e. The van der Waals surface area contributed by atoms with Crippen molar-refractivity contribution in [1.82, 2.24) is 15.1 Å². The maximum atomic E-state index is 11.1. The molecule has 2 aromatic rings. The van der Waals surface area contributed by atoms with Crippen LogP contribution in [0.5, 0.6) is 0 Å². The van der Waals surface area contributed by atoms with Gasteiger partial charge < -0.3 is 10.2 Å². The third-order valence-corrected chi connectivity index (χ3v) is 3.84. The highest BCUT2D eigenvalue weighted by molar-refractivity contribution is 6.30. The smallest absolute Gasteiger partial charge is 0.247 e. The number of aromatic nitrogens is 2. The third kappa shape index (κ3) is 3.22. The molecule has 1 aliphatic rings. The standard InChI is InChI=1S/C14H15ClN4O2/c15-11-3-1-9(2-4-11)14-18-17-12(21-14)8-19-6-5-10(7-19)13(16)20/h1-4,10H,5-8H2,(H2,16,20)/t10-/m0/s1. The molecule has 1 aliphatic heterocycles. The van der Waals surface area contributed by atoms with E-state index in [1.165, 1.54) is 0 Å². The van der Waals surface area contributed by atoms with Gasteiger partial charge in [0.1, 0.15) is 0 Å². The van der Waals surface area contributed by atoms with Crippen LogP contribution in [-0.2, 0) is 11.3 Å². The van der Waals surface area contributed by atoms with Crippen LogP contribution < -0.4 is 5.73 Å². The number of hydrogen-bond donors (Lipinski definition) is 1. The second-order valence-corrected chi connectivity index (χ2v) is 5.57.